The normalized spacial score (nSPS) is 18.3. The molecule has 1 aromatic carbocycles. The number of fused-ring (bicyclic) bond motifs is 3. The summed E-state index contributed by atoms with van der Waals surface area (Å²) in [6, 6.07) is 3.43. The van der Waals surface area contributed by atoms with Gasteiger partial charge in [-0.05, 0) is 25.0 Å². The van der Waals surface area contributed by atoms with Crippen molar-refractivity contribution in [1.82, 2.24) is 20.3 Å². The number of hydrogen-bond acceptors (Lipinski definition) is 9. The molecule has 2 N–H and O–H groups in total. The number of amides is 1. The molecule has 12 heteroatoms. The summed E-state index contributed by atoms with van der Waals surface area (Å²) < 4.78 is 16.6. The van der Waals surface area contributed by atoms with Crippen molar-refractivity contribution in [1.29, 1.82) is 0 Å². The van der Waals surface area contributed by atoms with E-state index in [1.54, 1.807) is 18.5 Å². The van der Waals surface area contributed by atoms with Gasteiger partial charge < -0.3 is 29.7 Å². The third kappa shape index (κ3) is 4.91. The van der Waals surface area contributed by atoms with Crippen LogP contribution in [-0.4, -0.2) is 60.4 Å². The summed E-state index contributed by atoms with van der Waals surface area (Å²) in [5.74, 6) is 1.86. The fraction of sp³-hybridized carbons (Fsp3) is 0.385. The quantitative estimate of drug-likeness (QED) is 0.450. The molecule has 1 fully saturated rings. The van der Waals surface area contributed by atoms with E-state index in [4.69, 9.17) is 47.4 Å². The van der Waals surface area contributed by atoms with E-state index < -0.39 is 0 Å². The lowest BCUT2D eigenvalue weighted by atomic mass is 10.0. The van der Waals surface area contributed by atoms with E-state index in [9.17, 15) is 4.79 Å². The van der Waals surface area contributed by atoms with E-state index in [0.717, 1.165) is 22.4 Å². The topological polar surface area (TPSA) is 111 Å². The molecule has 2 aliphatic rings. The maximum Gasteiger partial charge on any atom is 0.223 e. The maximum absolute atomic E-state index is 11.7. The molecule has 1 saturated heterocycles. The lowest BCUT2D eigenvalue weighted by Crippen LogP contribution is -2.52. The molecule has 2 aromatic heterocycles. The standard InChI is InChI=1S/C26H28Cl2N6O4/c1-13-7-16-23-15(10-30-26(33-23)32-18-12-38-6-5-17(18)31-14(2)35)11-34(25(16)29-9-13)24-21(27)19(36-3)8-20(37-4)22(24)28/h7-10,17-18H,5-6,11-12H2,1-4H3,(H,31,35)(H,30,32,33)/t17-,18+/m0/s1. The minimum absolute atomic E-state index is 0.0834. The van der Waals surface area contributed by atoms with E-state index in [1.807, 2.05) is 17.9 Å². The first-order valence-electron chi connectivity index (χ1n) is 12.1. The smallest absolute Gasteiger partial charge is 0.223 e. The van der Waals surface area contributed by atoms with Crippen molar-refractivity contribution in [2.45, 2.75) is 38.9 Å². The van der Waals surface area contributed by atoms with Gasteiger partial charge in [0.2, 0.25) is 11.9 Å². The number of methoxy groups -OCH3 is 2. The zero-order valence-electron chi connectivity index (χ0n) is 21.5. The number of anilines is 3. The Morgan fingerprint density at radius 2 is 1.84 bits per heavy atom. The molecule has 0 radical (unpaired) electrons. The third-order valence-corrected chi connectivity index (χ3v) is 7.32. The highest BCUT2D eigenvalue weighted by Crippen LogP contribution is 2.51. The number of nitrogens with zero attached hydrogens (tertiary/aromatic N) is 4. The number of aromatic nitrogens is 3. The van der Waals surface area contributed by atoms with Crippen molar-refractivity contribution >= 4 is 46.6 Å². The van der Waals surface area contributed by atoms with Gasteiger partial charge in [-0.25, -0.2) is 15.0 Å². The number of carbonyl (C=O) groups is 1. The number of carbonyl (C=O) groups excluding carboxylic acids is 1. The maximum atomic E-state index is 11.7. The van der Waals surface area contributed by atoms with Crippen molar-refractivity contribution in [2.75, 3.05) is 37.7 Å². The Bertz CT molecular complexity index is 1360. The number of hydrogen-bond donors (Lipinski definition) is 2. The summed E-state index contributed by atoms with van der Waals surface area (Å²) in [6.07, 6.45) is 4.27. The monoisotopic (exact) mass is 558 g/mol. The molecule has 0 bridgehead atoms. The largest absolute Gasteiger partial charge is 0.495 e. The predicted octanol–water partition coefficient (Wildman–Crippen LogP) is 4.53. The Morgan fingerprint density at radius 3 is 2.53 bits per heavy atom. The highest BCUT2D eigenvalue weighted by Gasteiger charge is 2.32. The average Bonchev–Trinajstić information content (AvgIpc) is 2.90. The molecule has 0 aliphatic carbocycles. The lowest BCUT2D eigenvalue weighted by Gasteiger charge is -2.34. The van der Waals surface area contributed by atoms with E-state index in [2.05, 4.69) is 15.6 Å². The van der Waals surface area contributed by atoms with Gasteiger partial charge in [0.25, 0.3) is 0 Å². The Balaban J connectivity index is 1.56. The molecule has 0 unspecified atom stereocenters. The molecule has 0 spiro atoms. The summed E-state index contributed by atoms with van der Waals surface area (Å²) in [6.45, 7) is 4.87. The Kier molecular flexibility index (Phi) is 7.47. The van der Waals surface area contributed by atoms with Crippen LogP contribution in [0, 0.1) is 6.92 Å². The zero-order chi connectivity index (χ0) is 27.0. The Hall–Kier alpha value is -3.34. The van der Waals surface area contributed by atoms with Gasteiger partial charge >= 0.3 is 0 Å². The van der Waals surface area contributed by atoms with Crippen LogP contribution in [0.4, 0.5) is 17.5 Å². The third-order valence-electron chi connectivity index (χ3n) is 6.59. The van der Waals surface area contributed by atoms with Crippen LogP contribution in [0.15, 0.2) is 24.5 Å². The predicted molar refractivity (Wildman–Crippen MR) is 146 cm³/mol. The molecule has 5 rings (SSSR count). The summed E-state index contributed by atoms with van der Waals surface area (Å²) in [5.41, 5.74) is 3.91. The first kappa shape index (κ1) is 26.3. The number of ether oxygens (including phenoxy) is 3. The van der Waals surface area contributed by atoms with Crippen molar-refractivity contribution < 1.29 is 19.0 Å². The second kappa shape index (κ2) is 10.8. The molecular weight excluding hydrogens is 531 g/mol. The van der Waals surface area contributed by atoms with Crippen molar-refractivity contribution in [3.05, 3.63) is 45.7 Å². The second-order valence-corrected chi connectivity index (χ2v) is 9.97. The number of aryl methyl sites for hydroxylation is 1. The number of halogens is 2. The van der Waals surface area contributed by atoms with Crippen molar-refractivity contribution in [3.8, 4) is 22.8 Å². The van der Waals surface area contributed by atoms with E-state index in [-0.39, 0.29) is 18.0 Å². The van der Waals surface area contributed by atoms with Gasteiger partial charge in [-0.2, -0.15) is 0 Å². The van der Waals surface area contributed by atoms with E-state index >= 15 is 0 Å². The molecule has 2 atom stereocenters. The summed E-state index contributed by atoms with van der Waals surface area (Å²) in [5, 5.41) is 7.03. The van der Waals surface area contributed by atoms with Crippen LogP contribution in [0.2, 0.25) is 10.0 Å². The lowest BCUT2D eigenvalue weighted by molar-refractivity contribution is -0.120. The van der Waals surface area contributed by atoms with E-state index in [0.29, 0.717) is 65.2 Å². The van der Waals surface area contributed by atoms with Crippen LogP contribution in [-0.2, 0) is 16.1 Å². The van der Waals surface area contributed by atoms with Gasteiger partial charge in [0.05, 0.1) is 50.8 Å². The first-order chi connectivity index (χ1) is 18.3. The fourth-order valence-electron chi connectivity index (χ4n) is 4.80. The highest BCUT2D eigenvalue weighted by atomic mass is 35.5. The molecule has 0 saturated carbocycles. The Morgan fingerprint density at radius 1 is 1.11 bits per heavy atom. The van der Waals surface area contributed by atoms with Gasteiger partial charge in [-0.3, -0.25) is 4.79 Å². The van der Waals surface area contributed by atoms with Gasteiger partial charge in [0.1, 0.15) is 27.4 Å². The number of pyridine rings is 1. The molecule has 3 aromatic rings. The van der Waals surface area contributed by atoms with Crippen LogP contribution >= 0.6 is 23.2 Å². The van der Waals surface area contributed by atoms with Gasteiger partial charge in [0.15, 0.2) is 0 Å². The summed E-state index contributed by atoms with van der Waals surface area (Å²) >= 11 is 13.5. The molecule has 38 heavy (non-hydrogen) atoms. The van der Waals surface area contributed by atoms with Crippen LogP contribution < -0.4 is 25.0 Å². The summed E-state index contributed by atoms with van der Waals surface area (Å²) in [7, 11) is 3.07. The first-order valence-corrected chi connectivity index (χ1v) is 12.9. The van der Waals surface area contributed by atoms with Gasteiger partial charge in [-0.15, -0.1) is 0 Å². The fourth-order valence-corrected chi connectivity index (χ4v) is 5.50. The number of nitrogens with one attached hydrogen (secondary N) is 2. The molecule has 4 heterocycles. The molecule has 200 valence electrons. The summed E-state index contributed by atoms with van der Waals surface area (Å²) in [4.78, 5) is 27.8. The molecule has 10 nitrogen and oxygen atoms in total. The van der Waals surface area contributed by atoms with Crippen molar-refractivity contribution in [2.24, 2.45) is 0 Å². The molecular formula is C26H28Cl2N6O4. The average molecular weight is 559 g/mol. The minimum atomic E-state index is -0.164. The van der Waals surface area contributed by atoms with Crippen LogP contribution in [0.1, 0.15) is 24.5 Å². The number of benzene rings is 1. The zero-order valence-corrected chi connectivity index (χ0v) is 23.0. The van der Waals surface area contributed by atoms with E-state index in [1.165, 1.54) is 21.1 Å². The van der Waals surface area contributed by atoms with Crippen LogP contribution in [0.3, 0.4) is 0 Å². The highest BCUT2D eigenvalue weighted by molar-refractivity contribution is 6.41. The van der Waals surface area contributed by atoms with Crippen LogP contribution in [0.25, 0.3) is 11.3 Å². The SMILES string of the molecule is COc1cc(OC)c(Cl)c(N2Cc3cnc(N[C@@H]4COCC[C@@H]4NC(C)=O)nc3-c3cc(C)cnc32)c1Cl. The molecule has 1 amide bonds. The van der Waals surface area contributed by atoms with Gasteiger partial charge in [-0.1, -0.05) is 23.2 Å². The van der Waals surface area contributed by atoms with Crippen LogP contribution in [0.5, 0.6) is 11.5 Å². The van der Waals surface area contributed by atoms with Crippen molar-refractivity contribution in [3.63, 3.8) is 0 Å². The van der Waals surface area contributed by atoms with Gasteiger partial charge in [0, 0.05) is 43.1 Å². The Labute approximate surface area is 230 Å². The molecule has 2 aliphatic heterocycles. The second-order valence-electron chi connectivity index (χ2n) is 9.22. The minimum Gasteiger partial charge on any atom is -0.495 e. The number of rotatable bonds is 6.